The Hall–Kier alpha value is -5.01. The first-order valence-electron chi connectivity index (χ1n) is 20.2. The highest BCUT2D eigenvalue weighted by Gasteiger charge is 2.51. The summed E-state index contributed by atoms with van der Waals surface area (Å²) in [6, 6.07) is 15.8. The summed E-state index contributed by atoms with van der Waals surface area (Å²) in [5, 5.41) is 2.71. The molecule has 3 amide bonds. The Kier molecular flexibility index (Phi) is 10.7. The van der Waals surface area contributed by atoms with Gasteiger partial charge in [0.2, 0.25) is 11.8 Å². The molecule has 13 heteroatoms. The molecule has 0 radical (unpaired) electrons. The van der Waals surface area contributed by atoms with Crippen LogP contribution in [0.2, 0.25) is 0 Å². The normalized spacial score (nSPS) is 23.7. The number of alkyl carbamates (subject to hydrolysis) is 1. The van der Waals surface area contributed by atoms with Gasteiger partial charge in [0.15, 0.2) is 0 Å². The van der Waals surface area contributed by atoms with Gasteiger partial charge in [0, 0.05) is 25.5 Å². The van der Waals surface area contributed by atoms with Crippen molar-refractivity contribution in [2.24, 2.45) is 11.8 Å². The molecule has 2 aromatic heterocycles. The van der Waals surface area contributed by atoms with Gasteiger partial charge in [-0.1, -0.05) is 62.4 Å². The van der Waals surface area contributed by atoms with Gasteiger partial charge >= 0.3 is 6.09 Å². The zero-order valence-electron chi connectivity index (χ0n) is 32.9. The van der Waals surface area contributed by atoms with Gasteiger partial charge < -0.3 is 39.5 Å². The van der Waals surface area contributed by atoms with E-state index in [0.717, 1.165) is 110 Å². The molecule has 4 aromatic rings. The largest absolute Gasteiger partial charge is 0.453 e. The number of likely N-dealkylation sites (tertiary alicyclic amines) is 3. The number of methoxy groups -OCH3 is 1. The standard InChI is InChI=1S/C43H54N8O5/c1-27(2)37(48-42(54)55-4)41(53)50-19-5-7-35(50)38-44-24-33(46-38)30-12-8-28(9-13-30)29-10-14-31(15-11-29)34-25-45-39(47-34)36-23-43(18-6-22-56-43)26-51(36)40(52)32-16-20-49(3)21-17-32/h8-15,24-25,27,32,35-37H,5-7,16-23,26H2,1-4H3,(H,44,46)(H,45,47)(H,48,54)/t35-,36-,37-,43-/m0/s1. The van der Waals surface area contributed by atoms with Crippen molar-refractivity contribution in [2.45, 2.75) is 82.5 Å². The molecule has 1 spiro atoms. The second kappa shape index (κ2) is 15.9. The van der Waals surface area contributed by atoms with Crippen molar-refractivity contribution in [3.05, 3.63) is 72.6 Å². The van der Waals surface area contributed by atoms with Crippen LogP contribution in [0.3, 0.4) is 0 Å². The molecule has 0 unspecified atom stereocenters. The van der Waals surface area contributed by atoms with Crippen LogP contribution in [0.15, 0.2) is 60.9 Å². The lowest BCUT2D eigenvalue weighted by Gasteiger charge is -2.33. The van der Waals surface area contributed by atoms with Gasteiger partial charge in [-0.15, -0.1) is 0 Å². The van der Waals surface area contributed by atoms with Crippen molar-refractivity contribution in [3.8, 4) is 33.6 Å². The highest BCUT2D eigenvalue weighted by Crippen LogP contribution is 2.45. The molecule has 13 nitrogen and oxygen atoms in total. The van der Waals surface area contributed by atoms with Crippen LogP contribution in [0.4, 0.5) is 4.79 Å². The Balaban J connectivity index is 0.933. The molecule has 6 heterocycles. The van der Waals surface area contributed by atoms with Crippen LogP contribution in [0.25, 0.3) is 33.6 Å². The van der Waals surface area contributed by atoms with E-state index in [2.05, 4.69) is 80.7 Å². The summed E-state index contributed by atoms with van der Waals surface area (Å²) in [7, 11) is 3.42. The number of rotatable bonds is 9. The topological polar surface area (TPSA) is 149 Å². The van der Waals surface area contributed by atoms with Gasteiger partial charge in [0.05, 0.1) is 55.1 Å². The second-order valence-corrected chi connectivity index (χ2v) is 16.5. The summed E-state index contributed by atoms with van der Waals surface area (Å²) in [6.07, 6.45) is 9.35. The number of hydrogen-bond donors (Lipinski definition) is 3. The fourth-order valence-electron chi connectivity index (χ4n) is 9.14. The van der Waals surface area contributed by atoms with E-state index in [-0.39, 0.29) is 41.3 Å². The second-order valence-electron chi connectivity index (χ2n) is 16.5. The minimum Gasteiger partial charge on any atom is -0.453 e. The van der Waals surface area contributed by atoms with E-state index in [1.165, 1.54) is 7.11 Å². The number of carbonyl (C=O) groups excluding carboxylic acids is 3. The number of ether oxygens (including phenoxy) is 2. The molecular formula is C43H54N8O5. The highest BCUT2D eigenvalue weighted by atomic mass is 16.5. The predicted octanol–water partition coefficient (Wildman–Crippen LogP) is 6.34. The summed E-state index contributed by atoms with van der Waals surface area (Å²) in [5.74, 6) is 1.65. The van der Waals surface area contributed by atoms with Crippen LogP contribution in [0.1, 0.15) is 82.5 Å². The third-order valence-electron chi connectivity index (χ3n) is 12.4. The van der Waals surface area contributed by atoms with Crippen molar-refractivity contribution in [2.75, 3.05) is 46.9 Å². The van der Waals surface area contributed by atoms with Crippen LogP contribution in [0.5, 0.6) is 0 Å². The molecule has 4 atom stereocenters. The van der Waals surface area contributed by atoms with Crippen molar-refractivity contribution < 1.29 is 23.9 Å². The molecular weight excluding hydrogens is 709 g/mol. The number of aromatic nitrogens is 4. The number of aromatic amines is 2. The summed E-state index contributed by atoms with van der Waals surface area (Å²) in [5.41, 5.74) is 5.76. The molecule has 4 fully saturated rings. The van der Waals surface area contributed by atoms with Crippen LogP contribution in [0, 0.1) is 11.8 Å². The van der Waals surface area contributed by atoms with Gasteiger partial charge in [-0.2, -0.15) is 0 Å². The number of carbonyl (C=O) groups is 3. The first-order chi connectivity index (χ1) is 27.1. The third-order valence-corrected chi connectivity index (χ3v) is 12.4. The Bertz CT molecular complexity index is 2010. The molecule has 8 rings (SSSR count). The van der Waals surface area contributed by atoms with Crippen LogP contribution >= 0.6 is 0 Å². The van der Waals surface area contributed by atoms with E-state index in [9.17, 15) is 14.4 Å². The zero-order chi connectivity index (χ0) is 39.0. The van der Waals surface area contributed by atoms with Gasteiger partial charge in [-0.25, -0.2) is 14.8 Å². The lowest BCUT2D eigenvalue weighted by Crippen LogP contribution is -2.51. The molecule has 4 aliphatic rings. The zero-order valence-corrected chi connectivity index (χ0v) is 32.9. The Morgan fingerprint density at radius 1 is 0.821 bits per heavy atom. The Morgan fingerprint density at radius 3 is 1.96 bits per heavy atom. The monoisotopic (exact) mass is 762 g/mol. The summed E-state index contributed by atoms with van der Waals surface area (Å²) >= 11 is 0. The highest BCUT2D eigenvalue weighted by molar-refractivity contribution is 5.86. The smallest absolute Gasteiger partial charge is 0.407 e. The van der Waals surface area contributed by atoms with Crippen molar-refractivity contribution in [3.63, 3.8) is 0 Å². The third kappa shape index (κ3) is 7.58. The summed E-state index contributed by atoms with van der Waals surface area (Å²) < 4.78 is 11.1. The first kappa shape index (κ1) is 37.9. The minimum absolute atomic E-state index is 0.0558. The quantitative estimate of drug-likeness (QED) is 0.179. The number of hydrogen-bond acceptors (Lipinski definition) is 8. The van der Waals surface area contributed by atoms with Crippen molar-refractivity contribution in [1.29, 1.82) is 0 Å². The maximum atomic E-state index is 13.9. The van der Waals surface area contributed by atoms with Crippen LogP contribution in [-0.2, 0) is 19.1 Å². The lowest BCUT2D eigenvalue weighted by atomic mass is 9.95. The molecule has 0 bridgehead atoms. The SMILES string of the molecule is COC(=O)N[C@H](C(=O)N1CCC[C@H]1c1ncc(-c2ccc(-c3ccc(-c4cnc([C@@H]5C[C@@]6(CCCO6)CN5C(=O)C5CCN(C)CC5)[nH]4)cc3)cc2)[nH]1)C(C)C. The van der Waals surface area contributed by atoms with E-state index in [4.69, 9.17) is 19.4 Å². The van der Waals surface area contributed by atoms with Gasteiger partial charge in [0.1, 0.15) is 17.7 Å². The molecule has 4 saturated heterocycles. The van der Waals surface area contributed by atoms with E-state index >= 15 is 0 Å². The average molecular weight is 763 g/mol. The van der Waals surface area contributed by atoms with E-state index in [0.29, 0.717) is 13.1 Å². The van der Waals surface area contributed by atoms with E-state index in [1.54, 1.807) is 0 Å². The number of nitrogens with zero attached hydrogens (tertiary/aromatic N) is 5. The fraction of sp³-hybridized carbons (Fsp3) is 0.512. The van der Waals surface area contributed by atoms with Crippen LogP contribution in [-0.4, -0.2) is 111 Å². The number of piperidine rings is 1. The molecule has 0 aliphatic carbocycles. The average Bonchev–Trinajstić information content (AvgIpc) is 4.07. The molecule has 4 aliphatic heterocycles. The number of benzene rings is 2. The van der Waals surface area contributed by atoms with Gasteiger partial charge in [0.25, 0.3) is 0 Å². The maximum absolute atomic E-state index is 13.9. The molecule has 56 heavy (non-hydrogen) atoms. The van der Waals surface area contributed by atoms with E-state index < -0.39 is 12.1 Å². The van der Waals surface area contributed by atoms with E-state index in [1.807, 2.05) is 31.1 Å². The van der Waals surface area contributed by atoms with Gasteiger partial charge in [-0.05, 0) is 86.8 Å². The van der Waals surface area contributed by atoms with Crippen molar-refractivity contribution in [1.82, 2.24) is 40.0 Å². The number of imidazole rings is 2. The molecule has 296 valence electrons. The Labute approximate surface area is 328 Å². The van der Waals surface area contributed by atoms with Gasteiger partial charge in [-0.3, -0.25) is 9.59 Å². The number of amides is 3. The maximum Gasteiger partial charge on any atom is 0.407 e. The summed E-state index contributed by atoms with van der Waals surface area (Å²) in [6.45, 7) is 7.74. The molecule has 3 N–H and O–H groups in total. The first-order valence-corrected chi connectivity index (χ1v) is 20.2. The minimum atomic E-state index is -0.677. The lowest BCUT2D eigenvalue weighted by molar-refractivity contribution is -0.139. The Morgan fingerprint density at radius 2 is 1.41 bits per heavy atom. The van der Waals surface area contributed by atoms with Crippen LogP contribution < -0.4 is 5.32 Å². The number of nitrogens with one attached hydrogen (secondary N) is 3. The number of H-pyrrole nitrogens is 2. The summed E-state index contributed by atoms with van der Waals surface area (Å²) in [4.78, 5) is 62.2. The molecule has 0 saturated carbocycles. The molecule has 2 aromatic carbocycles. The van der Waals surface area contributed by atoms with Crippen molar-refractivity contribution >= 4 is 17.9 Å². The fourth-order valence-corrected chi connectivity index (χ4v) is 9.14. The predicted molar refractivity (Wildman–Crippen MR) is 212 cm³/mol.